The summed E-state index contributed by atoms with van der Waals surface area (Å²) in [6.07, 6.45) is 5.28. The summed E-state index contributed by atoms with van der Waals surface area (Å²) in [5.74, 6) is 1.58. The van der Waals surface area contributed by atoms with Crippen molar-refractivity contribution < 1.29 is 14.0 Å². The van der Waals surface area contributed by atoms with Crippen LogP contribution in [0.25, 0.3) is 17.3 Å². The lowest BCUT2D eigenvalue weighted by Crippen LogP contribution is -2.48. The summed E-state index contributed by atoms with van der Waals surface area (Å²) in [5, 5.41) is 8.63. The Morgan fingerprint density at radius 1 is 0.895 bits per heavy atom. The van der Waals surface area contributed by atoms with Gasteiger partial charge in [-0.2, -0.15) is 0 Å². The van der Waals surface area contributed by atoms with Gasteiger partial charge in [-0.1, -0.05) is 70.9 Å². The van der Waals surface area contributed by atoms with E-state index in [-0.39, 0.29) is 6.04 Å². The number of ether oxygens (including phenoxy) is 2. The Balaban J connectivity index is 1.41. The Kier molecular flexibility index (Phi) is 6.15. The predicted molar refractivity (Wildman–Crippen MR) is 154 cm³/mol. The van der Waals surface area contributed by atoms with Crippen LogP contribution in [0.15, 0.2) is 89.0 Å². The van der Waals surface area contributed by atoms with Gasteiger partial charge in [0.1, 0.15) is 24.6 Å². The van der Waals surface area contributed by atoms with Crippen molar-refractivity contribution >= 4 is 45.7 Å². The number of anilines is 1. The molecular formula is C31H25Cl2N2O2S+. The van der Waals surface area contributed by atoms with E-state index in [1.807, 2.05) is 36.4 Å². The Hall–Kier alpha value is -3.25. The zero-order valence-electron chi connectivity index (χ0n) is 20.5. The summed E-state index contributed by atoms with van der Waals surface area (Å²) in [4.78, 5) is 0. The highest BCUT2D eigenvalue weighted by atomic mass is 35.5. The van der Waals surface area contributed by atoms with Crippen LogP contribution in [-0.2, 0) is 0 Å². The second kappa shape index (κ2) is 9.81. The first-order valence-electron chi connectivity index (χ1n) is 12.8. The molecule has 2 aliphatic heterocycles. The maximum Gasteiger partial charge on any atom is 0.340 e. The number of nitrogens with one attached hydrogen (secondary N) is 1. The van der Waals surface area contributed by atoms with Gasteiger partial charge in [-0.15, -0.1) is 0 Å². The van der Waals surface area contributed by atoms with Gasteiger partial charge in [-0.25, -0.2) is 9.88 Å². The second-order valence-corrected chi connectivity index (χ2v) is 11.3. The van der Waals surface area contributed by atoms with Gasteiger partial charge in [0.2, 0.25) is 0 Å². The maximum absolute atomic E-state index is 6.88. The predicted octanol–water partition coefficient (Wildman–Crippen LogP) is 8.32. The van der Waals surface area contributed by atoms with Crippen molar-refractivity contribution in [2.24, 2.45) is 0 Å². The van der Waals surface area contributed by atoms with Crippen LogP contribution in [0.2, 0.25) is 10.0 Å². The number of hydrogen-bond acceptors (Lipinski definition) is 4. The molecule has 4 aromatic rings. The largest absolute Gasteiger partial charge is 0.486 e. The van der Waals surface area contributed by atoms with Crippen LogP contribution in [0.1, 0.15) is 36.4 Å². The maximum atomic E-state index is 6.88. The summed E-state index contributed by atoms with van der Waals surface area (Å²) in [6, 6.07) is 22.4. The minimum Gasteiger partial charge on any atom is -0.486 e. The molecule has 1 N–H and O–H groups in total. The Bertz CT molecular complexity index is 1620. The molecular weight excluding hydrogens is 535 g/mol. The molecule has 0 saturated heterocycles. The molecule has 1 aromatic heterocycles. The van der Waals surface area contributed by atoms with E-state index in [0.717, 1.165) is 68.3 Å². The molecule has 0 saturated carbocycles. The number of hydrogen-bond donors (Lipinski definition) is 1. The van der Waals surface area contributed by atoms with Crippen LogP contribution in [-0.4, -0.2) is 13.2 Å². The second-order valence-electron chi connectivity index (χ2n) is 9.65. The van der Waals surface area contributed by atoms with Crippen molar-refractivity contribution in [1.29, 1.82) is 0 Å². The smallest absolute Gasteiger partial charge is 0.340 e. The fourth-order valence-electron chi connectivity index (χ4n) is 5.66. The molecule has 7 heteroatoms. The lowest BCUT2D eigenvalue weighted by atomic mass is 9.83. The highest BCUT2D eigenvalue weighted by Crippen LogP contribution is 2.46. The third-order valence-corrected chi connectivity index (χ3v) is 8.94. The topological polar surface area (TPSA) is 34.4 Å². The van der Waals surface area contributed by atoms with Crippen LogP contribution in [0.5, 0.6) is 11.5 Å². The molecule has 0 bridgehead atoms. The average molecular weight is 561 g/mol. The van der Waals surface area contributed by atoms with Crippen molar-refractivity contribution in [1.82, 2.24) is 0 Å². The van der Waals surface area contributed by atoms with E-state index in [2.05, 4.69) is 51.7 Å². The number of aromatic nitrogens is 1. The molecule has 3 aliphatic rings. The fourth-order valence-corrected chi connectivity index (χ4v) is 7.04. The third-order valence-electron chi connectivity index (χ3n) is 7.39. The van der Waals surface area contributed by atoms with E-state index >= 15 is 0 Å². The van der Waals surface area contributed by atoms with E-state index in [9.17, 15) is 0 Å². The molecule has 7 rings (SSSR count). The number of allylic oxidation sites excluding steroid dienone is 2. The van der Waals surface area contributed by atoms with Gasteiger partial charge in [0.05, 0.1) is 0 Å². The number of thiazole rings is 1. The lowest BCUT2D eigenvalue weighted by molar-refractivity contribution is -0.679. The molecule has 0 amide bonds. The summed E-state index contributed by atoms with van der Waals surface area (Å²) in [5.41, 5.74) is 8.16. The first kappa shape index (κ1) is 23.8. The molecule has 3 heterocycles. The van der Waals surface area contributed by atoms with Gasteiger partial charge >= 0.3 is 5.13 Å². The normalized spacial score (nSPS) is 19.1. The van der Waals surface area contributed by atoms with Crippen LogP contribution in [0.4, 0.5) is 5.13 Å². The number of nitrogens with zero attached hydrogens (tertiary/aromatic N) is 1. The van der Waals surface area contributed by atoms with Crippen molar-refractivity contribution in [3.05, 3.63) is 110 Å². The van der Waals surface area contributed by atoms with E-state index in [1.54, 1.807) is 11.3 Å². The number of fused-ring (bicyclic) bond motifs is 2. The van der Waals surface area contributed by atoms with Crippen LogP contribution in [0, 0.1) is 0 Å². The summed E-state index contributed by atoms with van der Waals surface area (Å²) in [6.45, 7) is 1.14. The fraction of sp³-hybridized carbons (Fsp3) is 0.194. The monoisotopic (exact) mass is 559 g/mol. The lowest BCUT2D eigenvalue weighted by Gasteiger charge is -2.31. The molecule has 4 nitrogen and oxygen atoms in total. The highest BCUT2D eigenvalue weighted by Gasteiger charge is 2.41. The van der Waals surface area contributed by atoms with E-state index < -0.39 is 0 Å². The summed E-state index contributed by atoms with van der Waals surface area (Å²) < 4.78 is 14.1. The summed E-state index contributed by atoms with van der Waals surface area (Å²) in [7, 11) is 0. The van der Waals surface area contributed by atoms with Gasteiger partial charge in [0.15, 0.2) is 17.5 Å². The first-order valence-corrected chi connectivity index (χ1v) is 14.4. The standard InChI is InChI=1S/C31H24Cl2N2O2S/c32-24-10-3-1-6-19(24)16-21-7-5-9-23-29(21)34-31-35(30(23)22-8-2-4-11-25(22)33)26(18-38-31)20-12-13-27-28(17-20)37-15-14-36-27/h1-4,6,8,10-13,16-18,30H,5,7,9,14-15H2/p+1/b21-16+. The quantitative estimate of drug-likeness (QED) is 0.256. The van der Waals surface area contributed by atoms with Gasteiger partial charge in [-0.05, 0) is 66.8 Å². The molecule has 1 atom stereocenters. The van der Waals surface area contributed by atoms with Crippen molar-refractivity contribution in [2.75, 3.05) is 18.5 Å². The highest BCUT2D eigenvalue weighted by molar-refractivity contribution is 7.13. The zero-order chi connectivity index (χ0) is 25.6. The Labute approximate surface area is 235 Å². The summed E-state index contributed by atoms with van der Waals surface area (Å²) >= 11 is 15.1. The number of halogens is 2. The number of rotatable bonds is 3. The molecule has 3 aromatic carbocycles. The van der Waals surface area contributed by atoms with Crippen LogP contribution < -0.4 is 19.4 Å². The van der Waals surface area contributed by atoms with Crippen molar-refractivity contribution in [3.8, 4) is 22.8 Å². The van der Waals surface area contributed by atoms with E-state index in [4.69, 9.17) is 32.7 Å². The molecule has 0 fully saturated rings. The molecule has 38 heavy (non-hydrogen) atoms. The molecule has 1 aliphatic carbocycles. The van der Waals surface area contributed by atoms with Gasteiger partial charge in [0.25, 0.3) is 0 Å². The first-order chi connectivity index (χ1) is 18.7. The van der Waals surface area contributed by atoms with E-state index in [0.29, 0.717) is 13.2 Å². The molecule has 1 unspecified atom stereocenters. The Morgan fingerprint density at radius 2 is 1.68 bits per heavy atom. The average Bonchev–Trinajstić information content (AvgIpc) is 3.37. The van der Waals surface area contributed by atoms with E-state index in [1.165, 1.54) is 16.8 Å². The zero-order valence-corrected chi connectivity index (χ0v) is 22.9. The minimum atomic E-state index is -0.0284. The SMILES string of the molecule is Clc1ccccc1/C=C1\CCCC2=C1Nc1scc(-c3ccc4c(c3)OCCO4)[n+]1C2c1ccccc1Cl. The molecule has 190 valence electrons. The van der Waals surface area contributed by atoms with Crippen LogP contribution in [0.3, 0.4) is 0 Å². The molecule has 0 radical (unpaired) electrons. The molecule has 0 spiro atoms. The van der Waals surface area contributed by atoms with Crippen molar-refractivity contribution in [3.63, 3.8) is 0 Å². The minimum absolute atomic E-state index is 0.0284. The third kappa shape index (κ3) is 4.10. The number of benzene rings is 3. The Morgan fingerprint density at radius 3 is 2.53 bits per heavy atom. The van der Waals surface area contributed by atoms with Crippen LogP contribution >= 0.6 is 34.5 Å². The van der Waals surface area contributed by atoms with Crippen molar-refractivity contribution in [2.45, 2.75) is 25.3 Å². The van der Waals surface area contributed by atoms with Gasteiger partial charge < -0.3 is 9.47 Å². The van der Waals surface area contributed by atoms with Gasteiger partial charge in [0, 0.05) is 32.1 Å². The van der Waals surface area contributed by atoms with Gasteiger partial charge in [-0.3, -0.25) is 0 Å².